The van der Waals surface area contributed by atoms with Crippen molar-refractivity contribution < 1.29 is 4.74 Å². The van der Waals surface area contributed by atoms with Crippen LogP contribution in [0.4, 0.5) is 0 Å². The number of hydrogen-bond acceptors (Lipinski definition) is 4. The molecule has 0 amide bonds. The SMILES string of the molecule is CN=C(NCC1CCCO1)NCC1(N2CCSCC2)CCCC1.I. The van der Waals surface area contributed by atoms with Crippen LogP contribution in [0.5, 0.6) is 0 Å². The zero-order chi connectivity index (χ0) is 16.0. The van der Waals surface area contributed by atoms with Crippen LogP contribution in [-0.2, 0) is 4.74 Å². The highest BCUT2D eigenvalue weighted by Crippen LogP contribution is 2.36. The molecule has 1 atom stereocenters. The third-order valence-electron chi connectivity index (χ3n) is 5.55. The zero-order valence-corrected chi connectivity index (χ0v) is 18.0. The van der Waals surface area contributed by atoms with E-state index in [-0.39, 0.29) is 24.0 Å². The smallest absolute Gasteiger partial charge is 0.191 e. The molecule has 7 heteroatoms. The van der Waals surface area contributed by atoms with Crippen molar-refractivity contribution in [3.05, 3.63) is 0 Å². The molecule has 3 aliphatic rings. The first-order valence-corrected chi connectivity index (χ1v) is 10.4. The number of halogens is 1. The van der Waals surface area contributed by atoms with Crippen LogP contribution in [0.3, 0.4) is 0 Å². The van der Waals surface area contributed by atoms with Gasteiger partial charge >= 0.3 is 0 Å². The van der Waals surface area contributed by atoms with Gasteiger partial charge in [0.05, 0.1) is 6.10 Å². The highest BCUT2D eigenvalue weighted by molar-refractivity contribution is 14.0. The minimum Gasteiger partial charge on any atom is -0.376 e. The second kappa shape index (κ2) is 10.4. The van der Waals surface area contributed by atoms with Gasteiger partial charge in [-0.15, -0.1) is 24.0 Å². The summed E-state index contributed by atoms with van der Waals surface area (Å²) in [5.74, 6) is 3.50. The molecule has 3 fully saturated rings. The Kier molecular flexibility index (Phi) is 8.94. The molecule has 2 saturated heterocycles. The van der Waals surface area contributed by atoms with E-state index in [1.165, 1.54) is 63.1 Å². The number of guanidine groups is 1. The molecule has 0 radical (unpaired) electrons. The Hall–Kier alpha value is 0.270. The number of rotatable bonds is 5. The second-order valence-electron chi connectivity index (χ2n) is 6.97. The second-order valence-corrected chi connectivity index (χ2v) is 8.20. The molecule has 24 heavy (non-hydrogen) atoms. The zero-order valence-electron chi connectivity index (χ0n) is 14.9. The van der Waals surface area contributed by atoms with E-state index in [0.29, 0.717) is 11.6 Å². The number of hydrogen-bond donors (Lipinski definition) is 2. The molecule has 2 N–H and O–H groups in total. The first-order valence-electron chi connectivity index (χ1n) is 9.21. The summed E-state index contributed by atoms with van der Waals surface area (Å²) in [5, 5.41) is 7.06. The minimum absolute atomic E-state index is 0. The lowest BCUT2D eigenvalue weighted by Crippen LogP contribution is -2.57. The molecule has 1 unspecified atom stereocenters. The molecule has 5 nitrogen and oxygen atoms in total. The quantitative estimate of drug-likeness (QED) is 0.369. The van der Waals surface area contributed by atoms with E-state index >= 15 is 0 Å². The van der Waals surface area contributed by atoms with Gasteiger partial charge in [-0.25, -0.2) is 0 Å². The number of nitrogens with one attached hydrogen (secondary N) is 2. The maximum Gasteiger partial charge on any atom is 0.191 e. The van der Waals surface area contributed by atoms with E-state index in [4.69, 9.17) is 4.74 Å². The molecular weight excluding hydrogens is 435 g/mol. The van der Waals surface area contributed by atoms with Gasteiger partial charge in [0.2, 0.25) is 0 Å². The summed E-state index contributed by atoms with van der Waals surface area (Å²) in [6.45, 7) is 5.28. The molecule has 0 aromatic carbocycles. The average Bonchev–Trinajstić information content (AvgIpc) is 3.28. The molecule has 2 heterocycles. The fourth-order valence-corrected chi connectivity index (χ4v) is 5.06. The van der Waals surface area contributed by atoms with Crippen LogP contribution in [0, 0.1) is 0 Å². The predicted molar refractivity (Wildman–Crippen MR) is 114 cm³/mol. The molecule has 0 spiro atoms. The maximum absolute atomic E-state index is 5.68. The summed E-state index contributed by atoms with van der Waals surface area (Å²) in [6, 6.07) is 0. The highest BCUT2D eigenvalue weighted by Gasteiger charge is 2.39. The van der Waals surface area contributed by atoms with Gasteiger partial charge in [-0.05, 0) is 25.7 Å². The van der Waals surface area contributed by atoms with Crippen molar-refractivity contribution in [2.75, 3.05) is 51.3 Å². The number of aliphatic imine (C=N–C) groups is 1. The number of ether oxygens (including phenoxy) is 1. The summed E-state index contributed by atoms with van der Waals surface area (Å²) in [7, 11) is 1.86. The first-order chi connectivity index (χ1) is 11.3. The summed E-state index contributed by atoms with van der Waals surface area (Å²) in [6.07, 6.45) is 8.10. The van der Waals surface area contributed by atoms with Crippen molar-refractivity contribution >= 4 is 41.7 Å². The normalized spacial score (nSPS) is 27.7. The van der Waals surface area contributed by atoms with E-state index in [2.05, 4.69) is 32.3 Å². The van der Waals surface area contributed by atoms with E-state index in [1.54, 1.807) is 0 Å². The van der Waals surface area contributed by atoms with Crippen LogP contribution in [0.15, 0.2) is 4.99 Å². The van der Waals surface area contributed by atoms with Crippen LogP contribution < -0.4 is 10.6 Å². The Labute approximate surface area is 168 Å². The Morgan fingerprint density at radius 3 is 2.58 bits per heavy atom. The molecule has 1 saturated carbocycles. The van der Waals surface area contributed by atoms with E-state index in [9.17, 15) is 0 Å². The summed E-state index contributed by atoms with van der Waals surface area (Å²) >= 11 is 2.10. The Bertz CT molecular complexity index is 392. The van der Waals surface area contributed by atoms with Crippen LogP contribution in [-0.4, -0.2) is 73.8 Å². The molecule has 0 aromatic heterocycles. The van der Waals surface area contributed by atoms with Crippen LogP contribution in [0.2, 0.25) is 0 Å². The van der Waals surface area contributed by atoms with Gasteiger partial charge < -0.3 is 15.4 Å². The van der Waals surface area contributed by atoms with Gasteiger partial charge in [-0.2, -0.15) is 11.8 Å². The molecular formula is C17H33IN4OS. The monoisotopic (exact) mass is 468 g/mol. The van der Waals surface area contributed by atoms with Crippen molar-refractivity contribution in [3.63, 3.8) is 0 Å². The summed E-state index contributed by atoms with van der Waals surface area (Å²) < 4.78 is 5.68. The van der Waals surface area contributed by atoms with E-state index in [1.807, 2.05) is 7.05 Å². The molecule has 1 aliphatic carbocycles. The minimum atomic E-state index is 0. The Morgan fingerprint density at radius 1 is 1.21 bits per heavy atom. The van der Waals surface area contributed by atoms with Crippen molar-refractivity contribution in [1.29, 1.82) is 0 Å². The van der Waals surface area contributed by atoms with Crippen molar-refractivity contribution in [2.24, 2.45) is 4.99 Å². The van der Waals surface area contributed by atoms with Crippen LogP contribution in [0.1, 0.15) is 38.5 Å². The summed E-state index contributed by atoms with van der Waals surface area (Å²) in [4.78, 5) is 7.15. The standard InChI is InChI=1S/C17H32N4OS.HI/c1-18-16(19-13-15-5-4-10-22-15)20-14-17(6-2-3-7-17)21-8-11-23-12-9-21;/h15H,2-14H2,1H3,(H2,18,19,20);1H. The first kappa shape index (κ1) is 20.6. The Balaban J connectivity index is 0.00000208. The number of nitrogens with zero attached hydrogens (tertiary/aromatic N) is 2. The molecule has 0 aromatic rings. The summed E-state index contributed by atoms with van der Waals surface area (Å²) in [5.41, 5.74) is 0.350. The predicted octanol–water partition coefficient (Wildman–Crippen LogP) is 2.31. The van der Waals surface area contributed by atoms with Gasteiger partial charge in [0.1, 0.15) is 0 Å². The third-order valence-corrected chi connectivity index (χ3v) is 6.49. The van der Waals surface area contributed by atoms with Gasteiger partial charge in [0.25, 0.3) is 0 Å². The van der Waals surface area contributed by atoms with Crippen LogP contribution in [0.25, 0.3) is 0 Å². The lowest BCUT2D eigenvalue weighted by Gasteiger charge is -2.43. The van der Waals surface area contributed by atoms with Gasteiger partial charge in [0.15, 0.2) is 5.96 Å². The van der Waals surface area contributed by atoms with Crippen molar-refractivity contribution in [1.82, 2.24) is 15.5 Å². The number of thioether (sulfide) groups is 1. The Morgan fingerprint density at radius 2 is 1.96 bits per heavy atom. The third kappa shape index (κ3) is 5.38. The van der Waals surface area contributed by atoms with Gasteiger partial charge in [0, 0.05) is 56.9 Å². The average molecular weight is 468 g/mol. The van der Waals surface area contributed by atoms with Gasteiger partial charge in [-0.1, -0.05) is 12.8 Å². The van der Waals surface area contributed by atoms with E-state index < -0.39 is 0 Å². The topological polar surface area (TPSA) is 48.9 Å². The molecule has 3 rings (SSSR count). The van der Waals surface area contributed by atoms with E-state index in [0.717, 1.165) is 25.7 Å². The molecule has 140 valence electrons. The van der Waals surface area contributed by atoms with Crippen molar-refractivity contribution in [3.8, 4) is 0 Å². The highest BCUT2D eigenvalue weighted by atomic mass is 127. The van der Waals surface area contributed by atoms with Crippen molar-refractivity contribution in [2.45, 2.75) is 50.2 Å². The molecule has 0 bridgehead atoms. The lowest BCUT2D eigenvalue weighted by molar-refractivity contribution is 0.106. The molecule has 2 aliphatic heterocycles. The fraction of sp³-hybridized carbons (Fsp3) is 0.941. The maximum atomic E-state index is 5.68. The largest absolute Gasteiger partial charge is 0.376 e. The fourth-order valence-electron chi connectivity index (χ4n) is 4.16. The lowest BCUT2D eigenvalue weighted by atomic mass is 9.94. The van der Waals surface area contributed by atoms with Gasteiger partial charge in [-0.3, -0.25) is 9.89 Å². The van der Waals surface area contributed by atoms with Crippen LogP contribution >= 0.6 is 35.7 Å².